The van der Waals surface area contributed by atoms with E-state index in [1.54, 1.807) is 23.0 Å². The summed E-state index contributed by atoms with van der Waals surface area (Å²) in [7, 11) is 0. The topological polar surface area (TPSA) is 84.7 Å². The molecular weight excluding hydrogens is 399 g/mol. The van der Waals surface area contributed by atoms with E-state index in [0.717, 1.165) is 11.3 Å². The molecule has 0 radical (unpaired) electrons. The monoisotopic (exact) mass is 412 g/mol. The van der Waals surface area contributed by atoms with Gasteiger partial charge in [-0.15, -0.1) is 0 Å². The van der Waals surface area contributed by atoms with Gasteiger partial charge in [0.05, 0.1) is 27.3 Å². The summed E-state index contributed by atoms with van der Waals surface area (Å²) < 4.78 is 1.71. The van der Waals surface area contributed by atoms with E-state index < -0.39 is 0 Å². The summed E-state index contributed by atoms with van der Waals surface area (Å²) in [5.41, 5.74) is 8.42. The first-order valence-corrected chi connectivity index (χ1v) is 9.06. The van der Waals surface area contributed by atoms with Gasteiger partial charge in [0.1, 0.15) is 6.33 Å². The lowest BCUT2D eigenvalue weighted by molar-refractivity contribution is 0.0962. The third-order valence-corrected chi connectivity index (χ3v) is 4.86. The Morgan fingerprint density at radius 2 is 1.82 bits per heavy atom. The summed E-state index contributed by atoms with van der Waals surface area (Å²) in [5, 5.41) is 5.74. The average Bonchev–Trinajstić information content (AvgIpc) is 3.13. The van der Waals surface area contributed by atoms with Gasteiger partial charge in [-0.1, -0.05) is 40.9 Å². The molecule has 0 saturated heterocycles. The predicted octanol–water partition coefficient (Wildman–Crippen LogP) is 4.19. The molecule has 2 heterocycles. The molecular formula is C19H14Cl2N6O. The Morgan fingerprint density at radius 3 is 2.57 bits per heavy atom. The van der Waals surface area contributed by atoms with Crippen molar-refractivity contribution in [3.63, 3.8) is 0 Å². The first kappa shape index (κ1) is 18.2. The van der Waals surface area contributed by atoms with Crippen LogP contribution in [0, 0.1) is 6.92 Å². The van der Waals surface area contributed by atoms with Crippen LogP contribution in [0.3, 0.4) is 0 Å². The highest BCUT2D eigenvalue weighted by atomic mass is 35.5. The first-order valence-electron chi connectivity index (χ1n) is 8.30. The van der Waals surface area contributed by atoms with Crippen LogP contribution in [0.1, 0.15) is 15.9 Å². The summed E-state index contributed by atoms with van der Waals surface area (Å²) in [6.07, 6.45) is 3.05. The average molecular weight is 413 g/mol. The van der Waals surface area contributed by atoms with Gasteiger partial charge in [0.15, 0.2) is 11.5 Å². The number of hydrogen-bond donors (Lipinski definition) is 2. The minimum absolute atomic E-state index is 0.304. The molecule has 2 aromatic heterocycles. The highest BCUT2D eigenvalue weighted by Crippen LogP contribution is 2.23. The van der Waals surface area contributed by atoms with Crippen LogP contribution < -0.4 is 10.9 Å². The molecule has 0 atom stereocenters. The summed E-state index contributed by atoms with van der Waals surface area (Å²) in [4.78, 5) is 20.8. The molecule has 0 aliphatic heterocycles. The van der Waals surface area contributed by atoms with Crippen molar-refractivity contribution in [3.05, 3.63) is 76.2 Å². The number of fused-ring (bicyclic) bond motifs is 1. The van der Waals surface area contributed by atoms with Crippen molar-refractivity contribution in [2.75, 3.05) is 5.43 Å². The van der Waals surface area contributed by atoms with Crippen LogP contribution in [0.15, 0.2) is 55.0 Å². The van der Waals surface area contributed by atoms with Gasteiger partial charge in [-0.05, 0) is 37.3 Å². The number of halogens is 2. The van der Waals surface area contributed by atoms with E-state index >= 15 is 0 Å². The Hall–Kier alpha value is -3.16. The van der Waals surface area contributed by atoms with Gasteiger partial charge < -0.3 is 0 Å². The fourth-order valence-corrected chi connectivity index (χ4v) is 2.94. The molecule has 28 heavy (non-hydrogen) atoms. The molecule has 4 rings (SSSR count). The van der Waals surface area contributed by atoms with Crippen molar-refractivity contribution in [2.24, 2.45) is 0 Å². The summed E-state index contributed by atoms with van der Waals surface area (Å²) in [6.45, 7) is 2.02. The zero-order chi connectivity index (χ0) is 19.7. The lowest BCUT2D eigenvalue weighted by Crippen LogP contribution is -2.29. The van der Waals surface area contributed by atoms with E-state index in [0.29, 0.717) is 32.5 Å². The zero-order valence-electron chi connectivity index (χ0n) is 14.6. The van der Waals surface area contributed by atoms with E-state index in [1.807, 2.05) is 31.2 Å². The number of benzene rings is 2. The Kier molecular flexibility index (Phi) is 4.85. The van der Waals surface area contributed by atoms with Crippen LogP contribution in [0.5, 0.6) is 0 Å². The Balaban J connectivity index is 1.58. The fraction of sp³-hybridized carbons (Fsp3) is 0.0526. The van der Waals surface area contributed by atoms with Crippen molar-refractivity contribution in [1.29, 1.82) is 0 Å². The molecule has 4 aromatic rings. The molecule has 9 heteroatoms. The van der Waals surface area contributed by atoms with Gasteiger partial charge in [0.25, 0.3) is 5.91 Å². The van der Waals surface area contributed by atoms with Crippen LogP contribution in [-0.4, -0.2) is 25.7 Å². The summed E-state index contributed by atoms with van der Waals surface area (Å²) in [5.74, 6) is 0.0491. The van der Waals surface area contributed by atoms with E-state index in [2.05, 4.69) is 25.9 Å². The second-order valence-corrected chi connectivity index (χ2v) is 6.87. The maximum Gasteiger partial charge on any atom is 0.269 e. The number of nitrogens with one attached hydrogen (secondary N) is 2. The van der Waals surface area contributed by atoms with Crippen molar-refractivity contribution in [3.8, 4) is 5.69 Å². The highest BCUT2D eigenvalue weighted by Gasteiger charge is 2.13. The van der Waals surface area contributed by atoms with E-state index in [9.17, 15) is 4.79 Å². The second kappa shape index (κ2) is 7.46. The molecule has 0 aliphatic rings. The van der Waals surface area contributed by atoms with E-state index in [4.69, 9.17) is 23.2 Å². The number of aryl methyl sites for hydroxylation is 1. The molecule has 0 bridgehead atoms. The minimum Gasteiger partial charge on any atom is -0.281 e. The molecule has 0 saturated carbocycles. The number of carbonyl (C=O) groups is 1. The SMILES string of the molecule is Cc1ccc(-n2ncc3c(NNC(=O)c4ccc(Cl)c(Cl)c4)ncnc32)cc1. The van der Waals surface area contributed by atoms with Gasteiger partial charge in [-0.25, -0.2) is 14.6 Å². The normalized spacial score (nSPS) is 10.8. The van der Waals surface area contributed by atoms with Crippen molar-refractivity contribution < 1.29 is 4.79 Å². The fourth-order valence-electron chi connectivity index (χ4n) is 2.64. The minimum atomic E-state index is -0.378. The third kappa shape index (κ3) is 3.49. The van der Waals surface area contributed by atoms with Crippen LogP contribution in [-0.2, 0) is 0 Å². The van der Waals surface area contributed by atoms with Crippen LogP contribution >= 0.6 is 23.2 Å². The zero-order valence-corrected chi connectivity index (χ0v) is 16.2. The maximum atomic E-state index is 12.3. The van der Waals surface area contributed by atoms with Crippen LogP contribution in [0.2, 0.25) is 10.0 Å². The second-order valence-electron chi connectivity index (χ2n) is 6.06. The number of amides is 1. The van der Waals surface area contributed by atoms with Gasteiger partial charge in [-0.3, -0.25) is 15.6 Å². The number of hydrogen-bond acceptors (Lipinski definition) is 5. The quantitative estimate of drug-likeness (QED) is 0.490. The third-order valence-electron chi connectivity index (χ3n) is 4.12. The van der Waals surface area contributed by atoms with Crippen LogP contribution in [0.4, 0.5) is 5.82 Å². The van der Waals surface area contributed by atoms with Gasteiger partial charge in [0.2, 0.25) is 0 Å². The highest BCUT2D eigenvalue weighted by molar-refractivity contribution is 6.42. The molecule has 140 valence electrons. The lowest BCUT2D eigenvalue weighted by Gasteiger charge is -2.09. The molecule has 0 aliphatic carbocycles. The number of carbonyl (C=O) groups excluding carboxylic acids is 1. The van der Waals surface area contributed by atoms with E-state index in [1.165, 1.54) is 12.4 Å². The summed E-state index contributed by atoms with van der Waals surface area (Å²) in [6, 6.07) is 12.6. The molecule has 0 spiro atoms. The lowest BCUT2D eigenvalue weighted by atomic mass is 10.2. The first-order chi connectivity index (χ1) is 13.5. The van der Waals surface area contributed by atoms with Crippen LogP contribution in [0.25, 0.3) is 16.7 Å². The number of nitrogens with zero attached hydrogens (tertiary/aromatic N) is 4. The van der Waals surface area contributed by atoms with Crippen molar-refractivity contribution >= 4 is 46.0 Å². The Labute approximate surface area is 170 Å². The molecule has 7 nitrogen and oxygen atoms in total. The molecule has 2 N–H and O–H groups in total. The standard InChI is InChI=1S/C19H14Cl2N6O/c1-11-2-5-13(6-3-11)27-18-14(9-24-27)17(22-10-23-18)25-26-19(28)12-4-7-15(20)16(21)8-12/h2-10H,1H3,(H,26,28)(H,22,23,25). The van der Waals surface area contributed by atoms with Gasteiger partial charge >= 0.3 is 0 Å². The largest absolute Gasteiger partial charge is 0.281 e. The molecule has 0 unspecified atom stereocenters. The maximum absolute atomic E-state index is 12.3. The Bertz CT molecular complexity index is 1170. The number of rotatable bonds is 4. The molecule has 2 aromatic carbocycles. The van der Waals surface area contributed by atoms with Gasteiger partial charge in [0, 0.05) is 5.56 Å². The molecule has 1 amide bonds. The number of anilines is 1. The number of hydrazine groups is 1. The predicted molar refractivity (Wildman–Crippen MR) is 109 cm³/mol. The van der Waals surface area contributed by atoms with Gasteiger partial charge in [-0.2, -0.15) is 5.10 Å². The van der Waals surface area contributed by atoms with Crippen molar-refractivity contribution in [1.82, 2.24) is 25.2 Å². The van der Waals surface area contributed by atoms with Crippen molar-refractivity contribution in [2.45, 2.75) is 6.92 Å². The molecule has 0 fully saturated rings. The smallest absolute Gasteiger partial charge is 0.269 e. The Morgan fingerprint density at radius 1 is 1.04 bits per heavy atom. The number of aromatic nitrogens is 4. The summed E-state index contributed by atoms with van der Waals surface area (Å²) >= 11 is 11.8. The van der Waals surface area contributed by atoms with E-state index in [-0.39, 0.29) is 5.91 Å².